The molecule has 0 spiro atoms. The number of carbonyl (C=O) groups is 2. The quantitative estimate of drug-likeness (QED) is 0.229. The fraction of sp³-hybridized carbons (Fsp3) is 0.179. The lowest BCUT2D eigenvalue weighted by molar-refractivity contribution is -0.118. The molecule has 1 aliphatic heterocycles. The van der Waals surface area contributed by atoms with Gasteiger partial charge in [-0.25, -0.2) is 4.99 Å². The zero-order valence-corrected chi connectivity index (χ0v) is 23.6. The second-order valence-corrected chi connectivity index (χ2v) is 10.5. The van der Waals surface area contributed by atoms with Gasteiger partial charge in [-0.05, 0) is 109 Å². The van der Waals surface area contributed by atoms with Crippen LogP contribution in [0.2, 0.25) is 0 Å². The molecule has 0 unspecified atom stereocenters. The summed E-state index contributed by atoms with van der Waals surface area (Å²) in [6, 6.07) is 19.0. The van der Waals surface area contributed by atoms with Crippen molar-refractivity contribution in [1.29, 1.82) is 0 Å². The van der Waals surface area contributed by atoms with Gasteiger partial charge in [-0.2, -0.15) is 0 Å². The number of aliphatic imine (C=N–C) groups is 1. The van der Waals surface area contributed by atoms with E-state index in [9.17, 15) is 9.59 Å². The van der Waals surface area contributed by atoms with Crippen molar-refractivity contribution in [2.45, 2.75) is 20.8 Å². The SMILES string of the molecule is CCOc1cc(/C=C2\SC(=Nc3ccc(C)cc3)NC2=O)cc(I)c1OCC(=O)Nc1cccc(C)c1. The molecule has 7 nitrogen and oxygen atoms in total. The molecular weight excluding hydrogens is 601 g/mol. The lowest BCUT2D eigenvalue weighted by Crippen LogP contribution is -2.20. The third-order valence-corrected chi connectivity index (χ3v) is 6.91. The summed E-state index contributed by atoms with van der Waals surface area (Å²) < 4.78 is 12.4. The maximum atomic E-state index is 12.6. The lowest BCUT2D eigenvalue weighted by Gasteiger charge is -2.15. The van der Waals surface area contributed by atoms with Gasteiger partial charge in [0.1, 0.15) is 0 Å². The third kappa shape index (κ3) is 7.36. The Bertz CT molecular complexity index is 1390. The number of rotatable bonds is 8. The van der Waals surface area contributed by atoms with Crippen LogP contribution < -0.4 is 20.1 Å². The van der Waals surface area contributed by atoms with E-state index in [1.54, 1.807) is 12.1 Å². The molecule has 4 rings (SSSR count). The highest BCUT2D eigenvalue weighted by atomic mass is 127. The van der Waals surface area contributed by atoms with Gasteiger partial charge < -0.3 is 20.1 Å². The molecule has 3 aromatic rings. The minimum absolute atomic E-state index is 0.165. The zero-order chi connectivity index (χ0) is 26.4. The number of hydrogen-bond donors (Lipinski definition) is 2. The van der Waals surface area contributed by atoms with Crippen LogP contribution in [-0.2, 0) is 9.59 Å². The fourth-order valence-corrected chi connectivity index (χ4v) is 5.12. The summed E-state index contributed by atoms with van der Waals surface area (Å²) in [6.07, 6.45) is 1.79. The second kappa shape index (κ2) is 12.3. The van der Waals surface area contributed by atoms with Crippen LogP contribution in [-0.4, -0.2) is 30.2 Å². The van der Waals surface area contributed by atoms with Crippen LogP contribution in [0.15, 0.2) is 70.6 Å². The Labute approximate surface area is 233 Å². The smallest absolute Gasteiger partial charge is 0.264 e. The number of benzene rings is 3. The number of amides is 2. The molecule has 190 valence electrons. The number of anilines is 1. The standard InChI is InChI=1S/C28H26IN3O4S/c1-4-35-23-14-19(15-24-27(34)32-28(37-24)31-20-10-8-17(2)9-11-20)13-22(29)26(23)36-16-25(33)30-21-7-5-6-18(3)12-21/h5-15H,4,16H2,1-3H3,(H,30,33)(H,31,32,34)/b24-15-. The summed E-state index contributed by atoms with van der Waals surface area (Å²) in [5.41, 5.74) is 4.47. The highest BCUT2D eigenvalue weighted by Gasteiger charge is 2.24. The molecule has 37 heavy (non-hydrogen) atoms. The van der Waals surface area contributed by atoms with E-state index in [2.05, 4.69) is 38.2 Å². The summed E-state index contributed by atoms with van der Waals surface area (Å²) in [7, 11) is 0. The Hall–Kier alpha value is -3.31. The van der Waals surface area contributed by atoms with Crippen LogP contribution in [0, 0.1) is 17.4 Å². The number of halogens is 1. The van der Waals surface area contributed by atoms with Gasteiger partial charge in [0, 0.05) is 5.69 Å². The first-order chi connectivity index (χ1) is 17.8. The van der Waals surface area contributed by atoms with Gasteiger partial charge >= 0.3 is 0 Å². The van der Waals surface area contributed by atoms with E-state index in [4.69, 9.17) is 9.47 Å². The average Bonchev–Trinajstić information content (AvgIpc) is 3.18. The molecule has 1 aliphatic rings. The van der Waals surface area contributed by atoms with Crippen molar-refractivity contribution >= 4 is 68.8 Å². The topological polar surface area (TPSA) is 89.0 Å². The molecule has 2 amide bonds. The summed E-state index contributed by atoms with van der Waals surface area (Å²) in [4.78, 5) is 30.0. The molecule has 0 atom stereocenters. The summed E-state index contributed by atoms with van der Waals surface area (Å²) in [6.45, 7) is 6.11. The zero-order valence-electron chi connectivity index (χ0n) is 20.6. The number of aryl methyl sites for hydroxylation is 2. The Morgan fingerprint density at radius 3 is 2.59 bits per heavy atom. The van der Waals surface area contributed by atoms with Crippen LogP contribution in [0.3, 0.4) is 0 Å². The Balaban J connectivity index is 1.48. The largest absolute Gasteiger partial charge is 0.490 e. The lowest BCUT2D eigenvalue weighted by atomic mass is 10.2. The van der Waals surface area contributed by atoms with Crippen molar-refractivity contribution < 1.29 is 19.1 Å². The van der Waals surface area contributed by atoms with Gasteiger partial charge in [0.05, 0.1) is 20.8 Å². The summed E-state index contributed by atoms with van der Waals surface area (Å²) in [5, 5.41) is 6.18. The van der Waals surface area contributed by atoms with E-state index in [1.165, 1.54) is 11.8 Å². The van der Waals surface area contributed by atoms with Crippen molar-refractivity contribution in [1.82, 2.24) is 5.32 Å². The van der Waals surface area contributed by atoms with E-state index in [0.29, 0.717) is 33.9 Å². The van der Waals surface area contributed by atoms with Crippen molar-refractivity contribution in [2.75, 3.05) is 18.5 Å². The number of nitrogens with zero attached hydrogens (tertiary/aromatic N) is 1. The molecule has 0 radical (unpaired) electrons. The molecule has 1 heterocycles. The minimum Gasteiger partial charge on any atom is -0.490 e. The Morgan fingerprint density at radius 1 is 1.08 bits per heavy atom. The Morgan fingerprint density at radius 2 is 1.86 bits per heavy atom. The molecule has 9 heteroatoms. The predicted molar refractivity (Wildman–Crippen MR) is 158 cm³/mol. The Kier molecular flexibility index (Phi) is 8.88. The highest BCUT2D eigenvalue weighted by Crippen LogP contribution is 2.36. The number of carbonyl (C=O) groups excluding carboxylic acids is 2. The maximum absolute atomic E-state index is 12.6. The number of amidine groups is 1. The van der Waals surface area contributed by atoms with Crippen LogP contribution in [0.5, 0.6) is 11.5 Å². The molecule has 0 aliphatic carbocycles. The van der Waals surface area contributed by atoms with Crippen LogP contribution in [0.1, 0.15) is 23.6 Å². The van der Waals surface area contributed by atoms with Crippen molar-refractivity contribution in [3.63, 3.8) is 0 Å². The summed E-state index contributed by atoms with van der Waals surface area (Å²) >= 11 is 3.42. The number of hydrogen-bond acceptors (Lipinski definition) is 6. The van der Waals surface area contributed by atoms with Gasteiger partial charge in [0.15, 0.2) is 23.3 Å². The van der Waals surface area contributed by atoms with Gasteiger partial charge in [-0.15, -0.1) is 0 Å². The van der Waals surface area contributed by atoms with E-state index in [0.717, 1.165) is 25.9 Å². The number of thioether (sulfide) groups is 1. The third-order valence-electron chi connectivity index (χ3n) is 5.19. The van der Waals surface area contributed by atoms with Gasteiger partial charge in [-0.3, -0.25) is 9.59 Å². The van der Waals surface area contributed by atoms with E-state index in [1.807, 2.05) is 75.4 Å². The minimum atomic E-state index is -0.269. The first-order valence-electron chi connectivity index (χ1n) is 11.6. The van der Waals surface area contributed by atoms with Crippen molar-refractivity contribution in [2.24, 2.45) is 4.99 Å². The maximum Gasteiger partial charge on any atom is 0.264 e. The van der Waals surface area contributed by atoms with Gasteiger partial charge in [-0.1, -0.05) is 29.8 Å². The van der Waals surface area contributed by atoms with E-state index >= 15 is 0 Å². The van der Waals surface area contributed by atoms with Gasteiger partial charge in [0.25, 0.3) is 11.8 Å². The first kappa shape index (κ1) is 26.7. The molecule has 2 N–H and O–H groups in total. The molecule has 1 fully saturated rings. The van der Waals surface area contributed by atoms with Crippen molar-refractivity contribution in [3.05, 3.63) is 85.8 Å². The molecular formula is C28H26IN3O4S. The summed E-state index contributed by atoms with van der Waals surface area (Å²) in [5.74, 6) is 0.502. The van der Waals surface area contributed by atoms with Crippen LogP contribution >= 0.6 is 34.4 Å². The monoisotopic (exact) mass is 627 g/mol. The molecule has 1 saturated heterocycles. The highest BCUT2D eigenvalue weighted by molar-refractivity contribution is 14.1. The number of nitrogens with one attached hydrogen (secondary N) is 2. The van der Waals surface area contributed by atoms with Crippen LogP contribution in [0.25, 0.3) is 6.08 Å². The van der Waals surface area contributed by atoms with E-state index in [-0.39, 0.29) is 18.4 Å². The van der Waals surface area contributed by atoms with E-state index < -0.39 is 0 Å². The molecule has 3 aromatic carbocycles. The fourth-order valence-electron chi connectivity index (χ4n) is 3.50. The normalized spacial score (nSPS) is 15.1. The van der Waals surface area contributed by atoms with Crippen LogP contribution in [0.4, 0.5) is 11.4 Å². The van der Waals surface area contributed by atoms with Crippen molar-refractivity contribution in [3.8, 4) is 11.5 Å². The molecule has 0 aromatic heterocycles. The predicted octanol–water partition coefficient (Wildman–Crippen LogP) is 6.22. The second-order valence-electron chi connectivity index (χ2n) is 8.29. The molecule has 0 saturated carbocycles. The van der Waals surface area contributed by atoms with Gasteiger partial charge in [0.2, 0.25) is 0 Å². The number of ether oxygens (including phenoxy) is 2. The molecule has 0 bridgehead atoms. The first-order valence-corrected chi connectivity index (χ1v) is 13.5. The average molecular weight is 628 g/mol.